The van der Waals surface area contributed by atoms with E-state index in [2.05, 4.69) is 6.07 Å². The van der Waals surface area contributed by atoms with E-state index in [4.69, 9.17) is 5.10 Å². The maximum absolute atomic E-state index is 12.5. The number of carbonyl (C=O) groups excluding carboxylic acids is 1. The third-order valence-corrected chi connectivity index (χ3v) is 4.62. The monoisotopic (exact) mass is 322 g/mol. The molecule has 1 fully saturated rings. The van der Waals surface area contributed by atoms with Crippen molar-refractivity contribution in [2.45, 2.75) is 52.0 Å². The number of anilines is 2. The smallest absolute Gasteiger partial charge is 0.229 e. The second-order valence-electron chi connectivity index (χ2n) is 6.18. The van der Waals surface area contributed by atoms with Crippen molar-refractivity contribution in [2.24, 2.45) is 0 Å². The van der Waals surface area contributed by atoms with Crippen molar-refractivity contribution < 1.29 is 4.79 Å². The van der Waals surface area contributed by atoms with E-state index in [0.717, 1.165) is 24.2 Å². The SMILES string of the molecule is CCc1nn(C2CCCC2)c(N(C(C)=O)c2ccccc2)c1C#N. The van der Waals surface area contributed by atoms with Crippen molar-refractivity contribution in [1.29, 1.82) is 5.26 Å². The summed E-state index contributed by atoms with van der Waals surface area (Å²) in [6, 6.07) is 12.0. The van der Waals surface area contributed by atoms with Gasteiger partial charge in [0.2, 0.25) is 5.91 Å². The van der Waals surface area contributed by atoms with E-state index in [1.165, 1.54) is 19.8 Å². The minimum atomic E-state index is -0.112. The van der Waals surface area contributed by atoms with Gasteiger partial charge in [-0.25, -0.2) is 4.68 Å². The predicted molar refractivity (Wildman–Crippen MR) is 93.1 cm³/mol. The van der Waals surface area contributed by atoms with Crippen molar-refractivity contribution in [3.63, 3.8) is 0 Å². The highest BCUT2D eigenvalue weighted by atomic mass is 16.2. The van der Waals surface area contributed by atoms with Crippen LogP contribution in [-0.2, 0) is 11.2 Å². The number of hydrogen-bond donors (Lipinski definition) is 0. The molecule has 24 heavy (non-hydrogen) atoms. The van der Waals surface area contributed by atoms with Gasteiger partial charge in [0.25, 0.3) is 0 Å². The summed E-state index contributed by atoms with van der Waals surface area (Å²) in [6.07, 6.45) is 5.10. The van der Waals surface area contributed by atoms with Gasteiger partial charge in [-0.15, -0.1) is 0 Å². The van der Waals surface area contributed by atoms with E-state index >= 15 is 0 Å². The summed E-state index contributed by atoms with van der Waals surface area (Å²) in [7, 11) is 0. The van der Waals surface area contributed by atoms with Crippen LogP contribution in [0.2, 0.25) is 0 Å². The van der Waals surface area contributed by atoms with Crippen LogP contribution in [-0.4, -0.2) is 15.7 Å². The Labute approximate surface area is 142 Å². The van der Waals surface area contributed by atoms with Crippen LogP contribution in [0.15, 0.2) is 30.3 Å². The molecule has 0 aliphatic heterocycles. The molecule has 1 saturated carbocycles. The largest absolute Gasteiger partial charge is 0.274 e. The molecule has 1 aromatic carbocycles. The maximum atomic E-state index is 12.5. The van der Waals surface area contributed by atoms with Crippen LogP contribution in [0.3, 0.4) is 0 Å². The Balaban J connectivity index is 2.21. The summed E-state index contributed by atoms with van der Waals surface area (Å²) in [6.45, 7) is 3.53. The number of rotatable bonds is 4. The summed E-state index contributed by atoms with van der Waals surface area (Å²) in [4.78, 5) is 14.1. The highest BCUT2D eigenvalue weighted by Crippen LogP contribution is 2.38. The molecule has 1 heterocycles. The number of hydrogen-bond acceptors (Lipinski definition) is 3. The highest BCUT2D eigenvalue weighted by molar-refractivity contribution is 5.99. The van der Waals surface area contributed by atoms with Gasteiger partial charge in [0, 0.05) is 6.92 Å². The lowest BCUT2D eigenvalue weighted by Crippen LogP contribution is -2.27. The fraction of sp³-hybridized carbons (Fsp3) is 0.421. The Kier molecular flexibility index (Phi) is 4.66. The first-order valence-electron chi connectivity index (χ1n) is 8.54. The zero-order chi connectivity index (χ0) is 17.1. The Morgan fingerprint density at radius 2 is 2.00 bits per heavy atom. The molecule has 3 rings (SSSR count). The van der Waals surface area contributed by atoms with Gasteiger partial charge < -0.3 is 0 Å². The number of benzene rings is 1. The van der Waals surface area contributed by atoms with Gasteiger partial charge >= 0.3 is 0 Å². The third-order valence-electron chi connectivity index (χ3n) is 4.62. The van der Waals surface area contributed by atoms with Gasteiger partial charge in [-0.2, -0.15) is 10.4 Å². The lowest BCUT2D eigenvalue weighted by atomic mass is 10.1. The molecule has 1 aliphatic rings. The van der Waals surface area contributed by atoms with Crippen LogP contribution >= 0.6 is 0 Å². The first kappa shape index (κ1) is 16.3. The molecule has 1 aromatic heterocycles. The fourth-order valence-electron chi connectivity index (χ4n) is 3.48. The molecule has 0 N–H and O–H groups in total. The number of amides is 1. The standard InChI is InChI=1S/C19H22N4O/c1-3-18-17(13-20)19(23(21-18)16-11-7-8-12-16)22(14(2)24)15-9-5-4-6-10-15/h4-6,9-10,16H,3,7-8,11-12H2,1-2H3. The average molecular weight is 322 g/mol. The van der Waals surface area contributed by atoms with Crippen LogP contribution in [0.1, 0.15) is 56.8 Å². The van der Waals surface area contributed by atoms with E-state index < -0.39 is 0 Å². The molecule has 0 unspecified atom stereocenters. The molecule has 5 heteroatoms. The van der Waals surface area contributed by atoms with Crippen molar-refractivity contribution in [3.05, 3.63) is 41.6 Å². The molecule has 0 radical (unpaired) electrons. The second-order valence-corrected chi connectivity index (χ2v) is 6.18. The van der Waals surface area contributed by atoms with Crippen LogP contribution < -0.4 is 4.90 Å². The molecule has 0 spiro atoms. The predicted octanol–water partition coefficient (Wildman–Crippen LogP) is 4.12. The molecule has 124 valence electrons. The van der Waals surface area contributed by atoms with Gasteiger partial charge in [0.15, 0.2) is 5.82 Å². The van der Waals surface area contributed by atoms with Crippen molar-refractivity contribution >= 4 is 17.4 Å². The molecule has 2 aromatic rings. The molecule has 1 aliphatic carbocycles. The first-order chi connectivity index (χ1) is 11.7. The van der Waals surface area contributed by atoms with Gasteiger partial charge in [0.05, 0.1) is 17.4 Å². The number of aromatic nitrogens is 2. The van der Waals surface area contributed by atoms with E-state index in [0.29, 0.717) is 17.8 Å². The maximum Gasteiger partial charge on any atom is 0.229 e. The van der Waals surface area contributed by atoms with E-state index in [-0.39, 0.29) is 11.9 Å². The quantitative estimate of drug-likeness (QED) is 0.850. The number of nitriles is 1. The number of aryl methyl sites for hydroxylation is 1. The number of nitrogens with zero attached hydrogens (tertiary/aromatic N) is 4. The topological polar surface area (TPSA) is 61.9 Å². The summed E-state index contributed by atoms with van der Waals surface area (Å²) < 4.78 is 1.93. The summed E-state index contributed by atoms with van der Waals surface area (Å²) in [5, 5.41) is 14.4. The highest BCUT2D eigenvalue weighted by Gasteiger charge is 2.30. The molecule has 0 atom stereocenters. The minimum Gasteiger partial charge on any atom is -0.274 e. The Hall–Kier alpha value is -2.61. The zero-order valence-corrected chi connectivity index (χ0v) is 14.2. The lowest BCUT2D eigenvalue weighted by Gasteiger charge is -2.24. The fourth-order valence-corrected chi connectivity index (χ4v) is 3.48. The zero-order valence-electron chi connectivity index (χ0n) is 14.2. The molecule has 0 saturated heterocycles. The molecular weight excluding hydrogens is 300 g/mol. The normalized spacial score (nSPS) is 14.5. The van der Waals surface area contributed by atoms with E-state index in [9.17, 15) is 10.1 Å². The van der Waals surface area contributed by atoms with Gasteiger partial charge in [-0.05, 0) is 31.4 Å². The van der Waals surface area contributed by atoms with E-state index in [1.807, 2.05) is 41.9 Å². The first-order valence-corrected chi connectivity index (χ1v) is 8.54. The van der Waals surface area contributed by atoms with Crippen LogP contribution in [0.5, 0.6) is 0 Å². The van der Waals surface area contributed by atoms with Crippen LogP contribution in [0.4, 0.5) is 11.5 Å². The number of carbonyl (C=O) groups is 1. The van der Waals surface area contributed by atoms with Crippen LogP contribution in [0, 0.1) is 11.3 Å². The van der Waals surface area contributed by atoms with Gasteiger partial charge in [-0.3, -0.25) is 9.69 Å². The van der Waals surface area contributed by atoms with Crippen molar-refractivity contribution in [3.8, 4) is 6.07 Å². The van der Waals surface area contributed by atoms with Crippen molar-refractivity contribution in [2.75, 3.05) is 4.90 Å². The summed E-state index contributed by atoms with van der Waals surface area (Å²) >= 11 is 0. The van der Waals surface area contributed by atoms with Crippen LogP contribution in [0.25, 0.3) is 0 Å². The molecule has 0 bridgehead atoms. The molecular formula is C19H22N4O. The summed E-state index contributed by atoms with van der Waals surface area (Å²) in [5.74, 6) is 0.513. The Morgan fingerprint density at radius 1 is 1.33 bits per heavy atom. The minimum absolute atomic E-state index is 0.112. The number of para-hydroxylation sites is 1. The lowest BCUT2D eigenvalue weighted by molar-refractivity contribution is -0.115. The van der Waals surface area contributed by atoms with Gasteiger partial charge in [-0.1, -0.05) is 38.0 Å². The average Bonchev–Trinajstić information content (AvgIpc) is 3.23. The van der Waals surface area contributed by atoms with Gasteiger partial charge in [0.1, 0.15) is 11.6 Å². The molecule has 5 nitrogen and oxygen atoms in total. The third kappa shape index (κ3) is 2.80. The van der Waals surface area contributed by atoms with E-state index in [1.54, 1.807) is 4.90 Å². The Morgan fingerprint density at radius 3 is 2.54 bits per heavy atom. The second kappa shape index (κ2) is 6.88. The Bertz CT molecular complexity index is 767. The summed E-state index contributed by atoms with van der Waals surface area (Å²) in [5.41, 5.74) is 2.05. The van der Waals surface area contributed by atoms with Crippen molar-refractivity contribution in [1.82, 2.24) is 9.78 Å². The molecule has 1 amide bonds.